The number of carbonyl (C=O) groups is 2. The van der Waals surface area contributed by atoms with Crippen LogP contribution in [0, 0.1) is 0 Å². The predicted octanol–water partition coefficient (Wildman–Crippen LogP) is 3.72. The van der Waals surface area contributed by atoms with Gasteiger partial charge in [-0.1, -0.05) is 33.8 Å². The van der Waals surface area contributed by atoms with Crippen LogP contribution < -0.4 is 10.6 Å². The van der Waals surface area contributed by atoms with Crippen LogP contribution in [0.25, 0.3) is 5.69 Å². The van der Waals surface area contributed by atoms with Crippen molar-refractivity contribution in [2.75, 3.05) is 16.4 Å². The zero-order chi connectivity index (χ0) is 19.2. The molecule has 138 valence electrons. The van der Waals surface area contributed by atoms with Gasteiger partial charge in [-0.2, -0.15) is 0 Å². The van der Waals surface area contributed by atoms with Gasteiger partial charge in [0.1, 0.15) is 6.33 Å². The van der Waals surface area contributed by atoms with Gasteiger partial charge in [0.25, 0.3) is 0 Å². The van der Waals surface area contributed by atoms with E-state index in [4.69, 9.17) is 0 Å². The fraction of sp³-hybridized carbons (Fsp3) is 0.111. The molecule has 0 aliphatic heterocycles. The van der Waals surface area contributed by atoms with Gasteiger partial charge in [0, 0.05) is 22.8 Å². The first kappa shape index (κ1) is 19.1. The van der Waals surface area contributed by atoms with Crippen LogP contribution in [0.1, 0.15) is 6.92 Å². The lowest BCUT2D eigenvalue weighted by atomic mass is 10.2. The van der Waals surface area contributed by atoms with Crippen molar-refractivity contribution < 1.29 is 9.59 Å². The number of amides is 2. The first-order chi connectivity index (χ1) is 13.0. The SMILES string of the molecule is CC(=O)Nc1cccc(-n2cnnc2SCC(=O)Nc2ccc(Br)cc2)c1. The molecule has 7 nitrogen and oxygen atoms in total. The van der Waals surface area contributed by atoms with E-state index in [9.17, 15) is 9.59 Å². The molecule has 3 rings (SSSR count). The number of halogens is 1. The lowest BCUT2D eigenvalue weighted by molar-refractivity contribution is -0.114. The van der Waals surface area contributed by atoms with Crippen molar-refractivity contribution in [2.45, 2.75) is 12.1 Å². The normalized spacial score (nSPS) is 10.4. The Kier molecular flexibility index (Phi) is 6.25. The Morgan fingerprint density at radius 1 is 1.11 bits per heavy atom. The molecule has 0 unspecified atom stereocenters. The standard InChI is InChI=1S/C18H16BrN5O2S/c1-12(25)21-15-3-2-4-16(9-15)24-11-20-23-18(24)27-10-17(26)22-14-7-5-13(19)6-8-14/h2-9,11H,10H2,1H3,(H,21,25)(H,22,26). The highest BCUT2D eigenvalue weighted by Crippen LogP contribution is 2.22. The summed E-state index contributed by atoms with van der Waals surface area (Å²) in [6.07, 6.45) is 1.57. The molecule has 0 saturated carbocycles. The fourth-order valence-electron chi connectivity index (χ4n) is 2.30. The molecule has 0 radical (unpaired) electrons. The average Bonchev–Trinajstić information content (AvgIpc) is 3.10. The van der Waals surface area contributed by atoms with Crippen molar-refractivity contribution in [2.24, 2.45) is 0 Å². The first-order valence-electron chi connectivity index (χ1n) is 7.97. The summed E-state index contributed by atoms with van der Waals surface area (Å²) in [5, 5.41) is 14.2. The number of benzene rings is 2. The third kappa shape index (κ3) is 5.41. The van der Waals surface area contributed by atoms with Crippen molar-refractivity contribution in [3.63, 3.8) is 0 Å². The van der Waals surface area contributed by atoms with E-state index in [-0.39, 0.29) is 17.6 Å². The van der Waals surface area contributed by atoms with Crippen LogP contribution in [0.4, 0.5) is 11.4 Å². The summed E-state index contributed by atoms with van der Waals surface area (Å²) in [6, 6.07) is 14.7. The monoisotopic (exact) mass is 445 g/mol. The number of anilines is 2. The summed E-state index contributed by atoms with van der Waals surface area (Å²) in [6.45, 7) is 1.46. The van der Waals surface area contributed by atoms with Gasteiger partial charge in [-0.15, -0.1) is 10.2 Å². The van der Waals surface area contributed by atoms with E-state index >= 15 is 0 Å². The maximum absolute atomic E-state index is 12.2. The third-order valence-electron chi connectivity index (χ3n) is 3.42. The van der Waals surface area contributed by atoms with E-state index in [0.717, 1.165) is 15.8 Å². The van der Waals surface area contributed by atoms with Gasteiger partial charge in [0.2, 0.25) is 11.8 Å². The highest BCUT2D eigenvalue weighted by atomic mass is 79.9. The van der Waals surface area contributed by atoms with E-state index in [1.165, 1.54) is 18.7 Å². The zero-order valence-electron chi connectivity index (χ0n) is 14.3. The number of hydrogen-bond acceptors (Lipinski definition) is 5. The van der Waals surface area contributed by atoms with Crippen LogP contribution in [-0.2, 0) is 9.59 Å². The molecule has 1 aromatic heterocycles. The second kappa shape index (κ2) is 8.83. The van der Waals surface area contributed by atoms with Crippen molar-refractivity contribution in [3.05, 3.63) is 59.3 Å². The van der Waals surface area contributed by atoms with Crippen molar-refractivity contribution >= 4 is 50.9 Å². The van der Waals surface area contributed by atoms with Crippen molar-refractivity contribution in [3.8, 4) is 5.69 Å². The molecule has 1 heterocycles. The predicted molar refractivity (Wildman–Crippen MR) is 109 cm³/mol. The second-order valence-electron chi connectivity index (χ2n) is 5.56. The second-order valence-corrected chi connectivity index (χ2v) is 7.42. The average molecular weight is 446 g/mol. The van der Waals surface area contributed by atoms with Crippen LogP contribution in [-0.4, -0.2) is 32.3 Å². The van der Waals surface area contributed by atoms with E-state index < -0.39 is 0 Å². The van der Waals surface area contributed by atoms with Crippen molar-refractivity contribution in [1.29, 1.82) is 0 Å². The Labute approximate surface area is 168 Å². The minimum absolute atomic E-state index is 0.135. The van der Waals surface area contributed by atoms with E-state index in [2.05, 4.69) is 36.8 Å². The third-order valence-corrected chi connectivity index (χ3v) is 4.89. The summed E-state index contributed by atoms with van der Waals surface area (Å²) in [5.41, 5.74) is 2.20. The Balaban J connectivity index is 1.66. The molecule has 0 fully saturated rings. The number of aromatic nitrogens is 3. The van der Waals surface area contributed by atoms with Crippen LogP contribution in [0.2, 0.25) is 0 Å². The molecule has 2 N–H and O–H groups in total. The summed E-state index contributed by atoms with van der Waals surface area (Å²) < 4.78 is 2.72. The van der Waals surface area contributed by atoms with Gasteiger partial charge in [-0.25, -0.2) is 0 Å². The van der Waals surface area contributed by atoms with E-state index in [1.807, 2.05) is 42.5 Å². The number of rotatable bonds is 6. The minimum atomic E-state index is -0.143. The molecule has 0 spiro atoms. The van der Waals surface area contributed by atoms with Gasteiger partial charge < -0.3 is 10.6 Å². The fourth-order valence-corrected chi connectivity index (χ4v) is 3.29. The topological polar surface area (TPSA) is 88.9 Å². The molecule has 0 aliphatic carbocycles. The van der Waals surface area contributed by atoms with Crippen LogP contribution in [0.15, 0.2) is 64.5 Å². The van der Waals surface area contributed by atoms with Gasteiger partial charge in [0.05, 0.1) is 11.4 Å². The molecule has 0 aliphatic rings. The van der Waals surface area contributed by atoms with E-state index in [0.29, 0.717) is 10.8 Å². The lowest BCUT2D eigenvalue weighted by Crippen LogP contribution is -2.14. The van der Waals surface area contributed by atoms with Crippen LogP contribution in [0.5, 0.6) is 0 Å². The van der Waals surface area contributed by atoms with Crippen LogP contribution in [0.3, 0.4) is 0 Å². The Bertz CT molecular complexity index is 958. The lowest BCUT2D eigenvalue weighted by Gasteiger charge is -2.09. The quantitative estimate of drug-likeness (QED) is 0.564. The van der Waals surface area contributed by atoms with Crippen molar-refractivity contribution in [1.82, 2.24) is 14.8 Å². The number of nitrogens with one attached hydrogen (secondary N) is 2. The Hall–Kier alpha value is -2.65. The molecule has 2 aromatic carbocycles. The Morgan fingerprint density at radius 3 is 2.63 bits per heavy atom. The molecule has 0 atom stereocenters. The van der Waals surface area contributed by atoms with E-state index in [1.54, 1.807) is 17.0 Å². The molecular weight excluding hydrogens is 430 g/mol. The molecule has 27 heavy (non-hydrogen) atoms. The molecule has 3 aromatic rings. The largest absolute Gasteiger partial charge is 0.326 e. The molecule has 0 saturated heterocycles. The summed E-state index contributed by atoms with van der Waals surface area (Å²) in [7, 11) is 0. The number of thioether (sulfide) groups is 1. The highest BCUT2D eigenvalue weighted by molar-refractivity contribution is 9.10. The van der Waals surface area contributed by atoms with Gasteiger partial charge in [-0.3, -0.25) is 14.2 Å². The maximum Gasteiger partial charge on any atom is 0.234 e. The number of carbonyl (C=O) groups excluding carboxylic acids is 2. The first-order valence-corrected chi connectivity index (χ1v) is 9.75. The Morgan fingerprint density at radius 2 is 1.89 bits per heavy atom. The molecule has 9 heteroatoms. The minimum Gasteiger partial charge on any atom is -0.326 e. The smallest absolute Gasteiger partial charge is 0.234 e. The number of nitrogens with zero attached hydrogens (tertiary/aromatic N) is 3. The molecular formula is C18H16BrN5O2S. The highest BCUT2D eigenvalue weighted by Gasteiger charge is 2.11. The number of hydrogen-bond donors (Lipinski definition) is 2. The summed E-state index contributed by atoms with van der Waals surface area (Å²) in [4.78, 5) is 23.4. The summed E-state index contributed by atoms with van der Waals surface area (Å²) in [5.74, 6) is -0.0841. The van der Waals surface area contributed by atoms with Gasteiger partial charge in [-0.05, 0) is 42.5 Å². The van der Waals surface area contributed by atoms with Gasteiger partial charge >= 0.3 is 0 Å². The van der Waals surface area contributed by atoms with Gasteiger partial charge in [0.15, 0.2) is 5.16 Å². The molecule has 2 amide bonds. The maximum atomic E-state index is 12.2. The van der Waals surface area contributed by atoms with Crippen LogP contribution >= 0.6 is 27.7 Å². The zero-order valence-corrected chi connectivity index (χ0v) is 16.8. The summed E-state index contributed by atoms with van der Waals surface area (Å²) >= 11 is 4.64. The molecule has 0 bridgehead atoms.